The number of rotatable bonds is 7. The molecule has 0 bridgehead atoms. The smallest absolute Gasteiger partial charge is 0.0868 e. The molecule has 0 radical (unpaired) electrons. The quantitative estimate of drug-likeness (QED) is 0.853. The molecule has 4 nitrogen and oxygen atoms in total. The molecule has 2 aromatic heterocycles. The van der Waals surface area contributed by atoms with Gasteiger partial charge < -0.3 is 10.3 Å². The van der Waals surface area contributed by atoms with Gasteiger partial charge in [-0.1, -0.05) is 25.4 Å². The second kappa shape index (κ2) is 7.14. The highest BCUT2D eigenvalue weighted by Gasteiger charge is 2.14. The average molecular weight is 309 g/mol. The van der Waals surface area contributed by atoms with Gasteiger partial charge >= 0.3 is 0 Å². The molecule has 0 fully saturated rings. The minimum absolute atomic E-state index is 0.234. The molecule has 0 spiro atoms. The molecule has 2 heterocycles. The Balaban J connectivity index is 2.17. The monoisotopic (exact) mass is 308 g/mol. The molecular formula is C16H25ClN4. The van der Waals surface area contributed by atoms with Gasteiger partial charge in [0.05, 0.1) is 23.0 Å². The standard InChI is InChI=1S/C16H25ClN4/c1-4-13(18)9-12-7-8-20(10-12)11-15-16(17)14(5-2)19-21(15)6-3/h7-8,10,13H,4-6,9,11,18H2,1-3H3. The first-order valence-electron chi connectivity index (χ1n) is 7.73. The summed E-state index contributed by atoms with van der Waals surface area (Å²) in [6.07, 6.45) is 7.03. The van der Waals surface area contributed by atoms with E-state index >= 15 is 0 Å². The Hall–Kier alpha value is -1.26. The average Bonchev–Trinajstić information content (AvgIpc) is 3.05. The van der Waals surface area contributed by atoms with Crippen LogP contribution in [0.1, 0.15) is 44.1 Å². The van der Waals surface area contributed by atoms with Crippen LogP contribution in [0.4, 0.5) is 0 Å². The molecule has 0 aliphatic rings. The maximum absolute atomic E-state index is 6.46. The SMILES string of the molecule is CCc1nn(CC)c(Cn2ccc(CC(N)CC)c2)c1Cl. The lowest BCUT2D eigenvalue weighted by Crippen LogP contribution is -2.21. The molecule has 2 rings (SSSR count). The molecule has 0 saturated heterocycles. The summed E-state index contributed by atoms with van der Waals surface area (Å²) in [6.45, 7) is 7.88. The second-order valence-corrected chi connectivity index (χ2v) is 5.82. The highest BCUT2D eigenvalue weighted by molar-refractivity contribution is 6.31. The fourth-order valence-corrected chi connectivity index (χ4v) is 2.83. The van der Waals surface area contributed by atoms with Gasteiger partial charge in [-0.25, -0.2) is 0 Å². The molecule has 116 valence electrons. The van der Waals surface area contributed by atoms with Crippen LogP contribution in [-0.4, -0.2) is 20.4 Å². The van der Waals surface area contributed by atoms with Crippen molar-refractivity contribution in [2.45, 2.75) is 59.2 Å². The summed E-state index contributed by atoms with van der Waals surface area (Å²) < 4.78 is 4.16. The van der Waals surface area contributed by atoms with Gasteiger partial charge in [-0.2, -0.15) is 5.10 Å². The third-order valence-electron chi connectivity index (χ3n) is 3.86. The number of nitrogens with zero attached hydrogens (tertiary/aromatic N) is 3. The van der Waals surface area contributed by atoms with E-state index in [0.29, 0.717) is 0 Å². The Morgan fingerprint density at radius 2 is 2.10 bits per heavy atom. The molecule has 0 amide bonds. The first kappa shape index (κ1) is 16.1. The maximum atomic E-state index is 6.46. The van der Waals surface area contributed by atoms with Crippen molar-refractivity contribution in [3.05, 3.63) is 40.4 Å². The molecule has 1 unspecified atom stereocenters. The molecule has 0 saturated carbocycles. The minimum Gasteiger partial charge on any atom is -0.348 e. The van der Waals surface area contributed by atoms with Crippen LogP contribution >= 0.6 is 11.6 Å². The fourth-order valence-electron chi connectivity index (χ4n) is 2.50. The highest BCUT2D eigenvalue weighted by Crippen LogP contribution is 2.23. The van der Waals surface area contributed by atoms with E-state index in [1.165, 1.54) is 5.56 Å². The second-order valence-electron chi connectivity index (χ2n) is 5.44. The summed E-state index contributed by atoms with van der Waals surface area (Å²) in [7, 11) is 0. The van der Waals surface area contributed by atoms with Gasteiger partial charge in [-0.15, -0.1) is 0 Å². The van der Waals surface area contributed by atoms with Crippen LogP contribution in [0.2, 0.25) is 5.02 Å². The molecule has 0 aliphatic carbocycles. The summed E-state index contributed by atoms with van der Waals surface area (Å²) in [5, 5.41) is 5.37. The van der Waals surface area contributed by atoms with Crippen molar-refractivity contribution >= 4 is 11.6 Å². The Morgan fingerprint density at radius 1 is 1.33 bits per heavy atom. The van der Waals surface area contributed by atoms with Crippen molar-refractivity contribution < 1.29 is 0 Å². The lowest BCUT2D eigenvalue weighted by Gasteiger charge is -2.08. The van der Waals surface area contributed by atoms with Crippen LogP contribution in [0, 0.1) is 0 Å². The Morgan fingerprint density at radius 3 is 2.71 bits per heavy atom. The van der Waals surface area contributed by atoms with E-state index < -0.39 is 0 Å². The lowest BCUT2D eigenvalue weighted by molar-refractivity contribution is 0.594. The van der Waals surface area contributed by atoms with Gasteiger partial charge in [0.2, 0.25) is 0 Å². The van der Waals surface area contributed by atoms with Gasteiger partial charge in [-0.05, 0) is 37.8 Å². The lowest BCUT2D eigenvalue weighted by atomic mass is 10.1. The predicted molar refractivity (Wildman–Crippen MR) is 87.8 cm³/mol. The molecule has 1 atom stereocenters. The number of hydrogen-bond acceptors (Lipinski definition) is 2. The van der Waals surface area contributed by atoms with Crippen molar-refractivity contribution in [3.63, 3.8) is 0 Å². The first-order chi connectivity index (χ1) is 10.1. The van der Waals surface area contributed by atoms with Crippen LogP contribution < -0.4 is 5.73 Å². The zero-order chi connectivity index (χ0) is 15.4. The molecule has 2 N–H and O–H groups in total. The highest BCUT2D eigenvalue weighted by atomic mass is 35.5. The number of nitrogens with two attached hydrogens (primary N) is 1. The predicted octanol–water partition coefficient (Wildman–Crippen LogP) is 3.25. The van der Waals surface area contributed by atoms with Crippen LogP contribution in [0.15, 0.2) is 18.5 Å². The number of halogens is 1. The van der Waals surface area contributed by atoms with Crippen molar-refractivity contribution in [1.82, 2.24) is 14.3 Å². The first-order valence-corrected chi connectivity index (χ1v) is 8.11. The number of aromatic nitrogens is 3. The molecule has 21 heavy (non-hydrogen) atoms. The summed E-state index contributed by atoms with van der Waals surface area (Å²) in [5.74, 6) is 0. The summed E-state index contributed by atoms with van der Waals surface area (Å²) in [4.78, 5) is 0. The van der Waals surface area contributed by atoms with E-state index in [0.717, 1.165) is 48.8 Å². The third kappa shape index (κ3) is 3.69. The van der Waals surface area contributed by atoms with Crippen LogP contribution in [0.3, 0.4) is 0 Å². The van der Waals surface area contributed by atoms with E-state index in [9.17, 15) is 0 Å². The van der Waals surface area contributed by atoms with Crippen molar-refractivity contribution in [2.24, 2.45) is 5.73 Å². The van der Waals surface area contributed by atoms with Gasteiger partial charge in [0.1, 0.15) is 0 Å². The van der Waals surface area contributed by atoms with Gasteiger partial charge in [0.15, 0.2) is 0 Å². The van der Waals surface area contributed by atoms with Crippen LogP contribution in [0.25, 0.3) is 0 Å². The zero-order valence-electron chi connectivity index (χ0n) is 13.1. The Labute approximate surface area is 131 Å². The third-order valence-corrected chi connectivity index (χ3v) is 4.30. The van der Waals surface area contributed by atoms with E-state index in [-0.39, 0.29) is 6.04 Å². The van der Waals surface area contributed by atoms with Gasteiger partial charge in [-0.3, -0.25) is 4.68 Å². The summed E-state index contributed by atoms with van der Waals surface area (Å²) >= 11 is 6.46. The molecule has 5 heteroatoms. The van der Waals surface area contributed by atoms with E-state index in [1.807, 2.05) is 4.68 Å². The van der Waals surface area contributed by atoms with Crippen molar-refractivity contribution in [2.75, 3.05) is 0 Å². The molecule has 2 aromatic rings. The van der Waals surface area contributed by atoms with E-state index in [4.69, 9.17) is 17.3 Å². The normalized spacial score (nSPS) is 12.8. The van der Waals surface area contributed by atoms with Crippen LogP contribution in [0.5, 0.6) is 0 Å². The molecular weight excluding hydrogens is 284 g/mol. The Bertz CT molecular complexity index is 585. The largest absolute Gasteiger partial charge is 0.348 e. The summed E-state index contributed by atoms with van der Waals surface area (Å²) in [5.41, 5.74) is 9.35. The topological polar surface area (TPSA) is 48.8 Å². The molecule has 0 aliphatic heterocycles. The molecule has 0 aromatic carbocycles. The van der Waals surface area contributed by atoms with Crippen LogP contribution in [-0.2, 0) is 25.9 Å². The van der Waals surface area contributed by atoms with E-state index in [2.05, 4.69) is 48.9 Å². The van der Waals surface area contributed by atoms with Gasteiger partial charge in [0, 0.05) is 25.0 Å². The number of aryl methyl sites for hydroxylation is 2. The van der Waals surface area contributed by atoms with E-state index in [1.54, 1.807) is 0 Å². The minimum atomic E-state index is 0.234. The summed E-state index contributed by atoms with van der Waals surface area (Å²) in [6, 6.07) is 2.37. The maximum Gasteiger partial charge on any atom is 0.0868 e. The van der Waals surface area contributed by atoms with Crippen molar-refractivity contribution in [3.8, 4) is 0 Å². The van der Waals surface area contributed by atoms with Gasteiger partial charge in [0.25, 0.3) is 0 Å². The number of hydrogen-bond donors (Lipinski definition) is 1. The fraction of sp³-hybridized carbons (Fsp3) is 0.562. The Kier molecular flexibility index (Phi) is 5.48. The van der Waals surface area contributed by atoms with Crippen molar-refractivity contribution in [1.29, 1.82) is 0 Å². The zero-order valence-corrected chi connectivity index (χ0v) is 13.9.